The fourth-order valence-corrected chi connectivity index (χ4v) is 25.2. The highest BCUT2D eigenvalue weighted by molar-refractivity contribution is 6.07. The van der Waals surface area contributed by atoms with Crippen molar-refractivity contribution in [2.24, 2.45) is 82.9 Å². The molecule has 10 aromatic rings. The van der Waals surface area contributed by atoms with Gasteiger partial charge in [0.25, 0.3) is 23.6 Å². The summed E-state index contributed by atoms with van der Waals surface area (Å²) in [6, 6.07) is 32.3. The number of pyridine rings is 5. The average molecular weight is 1950 g/mol. The number of nitrogens with zero attached hydrogens (tertiary/aromatic N) is 9. The number of aromatic nitrogens is 9. The molecule has 0 radical (unpaired) electrons. The maximum atomic E-state index is 13.7. The second-order valence-electron chi connectivity index (χ2n) is 41.9. The molecule has 7 aromatic heterocycles. The summed E-state index contributed by atoms with van der Waals surface area (Å²) in [5, 5.41) is 16.1. The Morgan fingerprint density at radius 1 is 0.264 bits per heavy atom. The minimum Gasteiger partial charge on any atom is -0.310 e. The third-order valence-electron chi connectivity index (χ3n) is 31.8. The Morgan fingerprint density at radius 3 is 0.868 bits per heavy atom. The molecule has 0 spiro atoms. The Morgan fingerprint density at radius 2 is 0.542 bits per heavy atom. The number of carbonyl (C=O) groups is 6. The highest BCUT2D eigenvalue weighted by Gasteiger charge is 2.44. The van der Waals surface area contributed by atoms with Crippen LogP contribution in [-0.2, 0) is 9.59 Å². The average Bonchev–Trinajstić information content (AvgIpc) is 1.66. The molecule has 748 valence electrons. The lowest BCUT2D eigenvalue weighted by Crippen LogP contribution is -2.18. The number of halogens is 5. The van der Waals surface area contributed by atoms with E-state index in [1.807, 2.05) is 108 Å². The van der Waals surface area contributed by atoms with Crippen molar-refractivity contribution >= 4 is 104 Å². The summed E-state index contributed by atoms with van der Waals surface area (Å²) >= 11 is 0. The normalized spacial score (nSPS) is 22.7. The van der Waals surface area contributed by atoms with Crippen LogP contribution in [0, 0.1) is 119 Å². The molecule has 26 heteroatoms. The van der Waals surface area contributed by atoms with E-state index >= 15 is 0 Å². The van der Waals surface area contributed by atoms with Gasteiger partial charge in [0.15, 0.2) is 23.3 Å². The van der Waals surface area contributed by atoms with Gasteiger partial charge in [-0.2, -0.15) is 0 Å². The van der Waals surface area contributed by atoms with Crippen molar-refractivity contribution < 1.29 is 50.7 Å². The smallest absolute Gasteiger partial charge is 0.262 e. The molecule has 7 heterocycles. The van der Waals surface area contributed by atoms with Crippen LogP contribution in [0.5, 0.6) is 0 Å². The van der Waals surface area contributed by atoms with Crippen molar-refractivity contribution in [3.8, 4) is 0 Å². The third kappa shape index (κ3) is 23.1. The fourth-order valence-electron chi connectivity index (χ4n) is 25.2. The lowest BCUT2D eigenvalue weighted by molar-refractivity contribution is -0.119. The maximum absolute atomic E-state index is 13.7. The minimum atomic E-state index is -1.00. The zero-order valence-corrected chi connectivity index (χ0v) is 84.2. The molecule has 21 nitrogen and oxygen atoms in total. The van der Waals surface area contributed by atoms with E-state index < -0.39 is 57.9 Å². The van der Waals surface area contributed by atoms with Gasteiger partial charge in [-0.1, -0.05) is 136 Å². The molecule has 0 bridgehead atoms. The molecule has 3 aromatic carbocycles. The Hall–Kier alpha value is -13.5. The van der Waals surface area contributed by atoms with Gasteiger partial charge in [0, 0.05) is 42.2 Å². The molecule has 12 atom stereocenters. The maximum Gasteiger partial charge on any atom is 0.262 e. The molecule has 144 heavy (non-hydrogen) atoms. The largest absolute Gasteiger partial charge is 0.310 e. The number of rotatable bonds is 18. The summed E-state index contributed by atoms with van der Waals surface area (Å²) in [5.41, 5.74) is 24.2. The number of aryl methyl sites for hydroxylation is 1. The minimum absolute atomic E-state index is 0.0161. The highest BCUT2D eigenvalue weighted by atomic mass is 19.1. The first kappa shape index (κ1) is 102. The molecule has 6 amide bonds. The summed E-state index contributed by atoms with van der Waals surface area (Å²) < 4.78 is 68.4. The van der Waals surface area contributed by atoms with Crippen molar-refractivity contribution in [3.05, 3.63) is 301 Å². The van der Waals surface area contributed by atoms with Gasteiger partial charge in [0.1, 0.15) is 51.9 Å². The number of hydrogen-bond donors (Lipinski definition) is 6. The summed E-state index contributed by atoms with van der Waals surface area (Å²) in [6.07, 6.45) is 46.2. The summed E-state index contributed by atoms with van der Waals surface area (Å²) in [6.45, 7) is 22.7. The number of benzene rings is 3. The monoisotopic (exact) mass is 1950 g/mol. The molecule has 6 N–H and O–H groups in total. The molecule has 12 aliphatic carbocycles. The van der Waals surface area contributed by atoms with Crippen LogP contribution in [0.2, 0.25) is 0 Å². The summed E-state index contributed by atoms with van der Waals surface area (Å²) in [5.74, 6) is 4.63. The predicted octanol–water partition coefficient (Wildman–Crippen LogP) is 27.4. The van der Waals surface area contributed by atoms with Crippen molar-refractivity contribution in [3.63, 3.8) is 0 Å². The van der Waals surface area contributed by atoms with E-state index in [-0.39, 0.29) is 46.8 Å². The van der Waals surface area contributed by atoms with E-state index in [1.54, 1.807) is 42.9 Å². The van der Waals surface area contributed by atoms with Crippen molar-refractivity contribution in [1.82, 2.24) is 44.9 Å². The van der Waals surface area contributed by atoms with Crippen LogP contribution < -0.4 is 31.9 Å². The molecule has 12 aliphatic rings. The van der Waals surface area contributed by atoms with Gasteiger partial charge >= 0.3 is 0 Å². The number of fused-ring (bicyclic) bond motifs is 6. The Labute approximate surface area is 840 Å². The van der Waals surface area contributed by atoms with Gasteiger partial charge in [-0.3, -0.25) is 43.7 Å². The van der Waals surface area contributed by atoms with Gasteiger partial charge in [0.05, 0.1) is 54.1 Å². The van der Waals surface area contributed by atoms with Crippen molar-refractivity contribution in [2.75, 3.05) is 31.9 Å². The topological polar surface area (TPSA) is 291 Å². The lowest BCUT2D eigenvalue weighted by Gasteiger charge is -2.15. The molecule has 0 aliphatic heterocycles. The summed E-state index contributed by atoms with van der Waals surface area (Å²) in [7, 11) is 0. The quantitative estimate of drug-likeness (QED) is 0.0435. The number of anilines is 6. The van der Waals surface area contributed by atoms with Crippen LogP contribution in [-0.4, -0.2) is 80.3 Å². The summed E-state index contributed by atoms with van der Waals surface area (Å²) in [4.78, 5) is 111. The Kier molecular flexibility index (Phi) is 32.3. The van der Waals surface area contributed by atoms with Crippen molar-refractivity contribution in [1.29, 1.82) is 0 Å². The number of amides is 6. The van der Waals surface area contributed by atoms with Gasteiger partial charge in [-0.05, 0) is 375 Å². The fraction of sp³-hybridized carbons (Fsp3) is 0.415. The molecule has 0 saturated heterocycles. The van der Waals surface area contributed by atoms with E-state index in [2.05, 4.69) is 130 Å². The first-order valence-corrected chi connectivity index (χ1v) is 51.6. The SMILES string of the molecule is CC1=C(c2ccc(NC(=O)C(C)C)nc2)C2CCCC2C1.CC1=C(c2ccc(NC(=O)c3c(F)cncc3F)nc2)C2CCCC2C1.CC1=C(c2ccc(NC(=O)c3ccccc3C)nc2)C2CCCC2C1.CC1=C(c2ccc(NC(=O)c3ccccc3F)nc2)C2CCCC2C1.CC1=C(c2cnc(NC(=O)C(C)C)cn2)C2CCCC2C1.CC1=C(c2cnc(NC(=O)c3c(F)cccc3F)cn2)C2CCCC2C1. The molecule has 6 fully saturated rings. The van der Waals surface area contributed by atoms with Gasteiger partial charge in [-0.15, -0.1) is 0 Å². The van der Waals surface area contributed by atoms with Gasteiger partial charge in [0.2, 0.25) is 11.8 Å². The number of hydrogen-bond acceptors (Lipinski definition) is 15. The van der Waals surface area contributed by atoms with Gasteiger partial charge < -0.3 is 31.9 Å². The van der Waals surface area contributed by atoms with E-state index in [4.69, 9.17) is 0 Å². The predicted molar refractivity (Wildman–Crippen MR) is 556 cm³/mol. The highest BCUT2D eigenvalue weighted by Crippen LogP contribution is 2.57. The third-order valence-corrected chi connectivity index (χ3v) is 31.8. The standard InChI is InChI=1S/C22H24N2O.C21H21FN2O.2C20H19F2N3O.C18H24N2O.C17H23N3O/c1-14-6-3-4-8-18(14)22(25)24-20-11-10-17(13-23-20)21-15(2)12-16-7-5-9-19(16)21;1-13-11-14-5-4-7-16(14)20(13)15-9-10-19(23-12-15)24-21(25)17-6-2-3-8-18(17)22;1-11-8-12-4-2-5-13(12)18(11)16-9-24-17(10-23-16)25-20(26)19-14(21)6-3-7-15(19)22;1-11-7-12-3-2-4-14(12)18(11)13-5-6-17(24-8-13)25-20(26)19-15(21)9-23-10-16(19)22;1-11(2)18(21)20-16-8-7-14(10-19-16)17-12(3)9-13-5-4-6-15(13)17;1-10(2)17(21)20-15-9-18-14(8-19-15)16-11(3)7-12-5-4-6-13(12)16/h3-4,6,8,10-11,13,16,19H,5,7,9,12H2,1-2H3,(H,23,24,25);2-3,6,8-10,12,14,16H,4-5,7,11H2,1H3,(H,23,24,25);3,6-7,9-10,12-13H,2,4-5,8H2,1H3,(H,24,25,26);5-6,8-10,12,14H,2-4,7H2,1H3,(H,24,25,26);7-8,10-11,13,15H,4-6,9H2,1-3H3,(H,19,20,21);8-10,12-13H,4-7H2,1-3H3,(H,19,20,21). The zero-order chi connectivity index (χ0) is 101. The Bertz CT molecular complexity index is 6220. The van der Waals surface area contributed by atoms with Gasteiger partial charge in [-0.25, -0.2) is 51.9 Å². The van der Waals surface area contributed by atoms with Crippen LogP contribution in [0.3, 0.4) is 0 Å². The first-order valence-electron chi connectivity index (χ1n) is 51.6. The second-order valence-corrected chi connectivity index (χ2v) is 41.9. The molecule has 6 saturated carbocycles. The van der Waals surface area contributed by atoms with Crippen molar-refractivity contribution in [2.45, 2.75) is 230 Å². The number of nitrogens with one attached hydrogen (secondary N) is 6. The Balaban J connectivity index is 0.000000119. The van der Waals surface area contributed by atoms with Crippen LogP contribution >= 0.6 is 0 Å². The van der Waals surface area contributed by atoms with E-state index in [1.165, 1.54) is 244 Å². The van der Waals surface area contributed by atoms with E-state index in [0.29, 0.717) is 58.4 Å². The lowest BCUT2D eigenvalue weighted by atomic mass is 9.91. The number of carbonyl (C=O) groups excluding carboxylic acids is 6. The number of allylic oxidation sites excluding steroid dienone is 12. The van der Waals surface area contributed by atoms with Crippen LogP contribution in [0.1, 0.15) is 304 Å². The zero-order valence-electron chi connectivity index (χ0n) is 84.2. The second kappa shape index (κ2) is 45.6. The van der Waals surface area contributed by atoms with Crippen LogP contribution in [0.25, 0.3) is 33.4 Å². The van der Waals surface area contributed by atoms with E-state index in [9.17, 15) is 50.7 Å². The van der Waals surface area contributed by atoms with Crippen LogP contribution in [0.4, 0.5) is 56.9 Å². The van der Waals surface area contributed by atoms with Crippen LogP contribution in [0.15, 0.2) is 211 Å². The molecular weight excluding hydrogens is 1820 g/mol. The molecule has 22 rings (SSSR count). The first-order chi connectivity index (χ1) is 69.5. The molecule has 12 unspecified atom stereocenters. The van der Waals surface area contributed by atoms with E-state index in [0.717, 1.165) is 107 Å². The molecular formula is C118H130F5N15O6.